The molecule has 0 bridgehead atoms. The van der Waals surface area contributed by atoms with Crippen LogP contribution < -0.4 is 14.8 Å². The van der Waals surface area contributed by atoms with Gasteiger partial charge in [0.1, 0.15) is 6.61 Å². The molecule has 19 heavy (non-hydrogen) atoms. The second-order valence-electron chi connectivity index (χ2n) is 4.61. The Morgan fingerprint density at radius 2 is 2.05 bits per heavy atom. The van der Waals surface area contributed by atoms with Crippen LogP contribution in [0, 0.1) is 0 Å². The molecule has 0 aliphatic heterocycles. The summed E-state index contributed by atoms with van der Waals surface area (Å²) in [4.78, 5) is 0. The van der Waals surface area contributed by atoms with Crippen LogP contribution in [-0.2, 0) is 11.3 Å². The van der Waals surface area contributed by atoms with Crippen molar-refractivity contribution in [2.24, 2.45) is 0 Å². The SMILES string of the molecule is COCCOc1c(Cl)cc(CNC2CC2)cc1OC. The largest absolute Gasteiger partial charge is 0.493 e. The van der Waals surface area contributed by atoms with E-state index in [0.717, 1.165) is 12.1 Å². The number of hydrogen-bond acceptors (Lipinski definition) is 4. The van der Waals surface area contributed by atoms with Crippen LogP contribution in [0.15, 0.2) is 12.1 Å². The van der Waals surface area contributed by atoms with Gasteiger partial charge in [-0.05, 0) is 30.5 Å². The van der Waals surface area contributed by atoms with Crippen LogP contribution in [0.5, 0.6) is 11.5 Å². The summed E-state index contributed by atoms with van der Waals surface area (Å²) in [5.74, 6) is 1.24. The molecular weight excluding hydrogens is 266 g/mol. The molecule has 1 fully saturated rings. The molecule has 0 aromatic heterocycles. The zero-order valence-corrected chi connectivity index (χ0v) is 12.1. The van der Waals surface area contributed by atoms with Crippen molar-refractivity contribution in [3.8, 4) is 11.5 Å². The molecule has 0 spiro atoms. The monoisotopic (exact) mass is 285 g/mol. The van der Waals surface area contributed by atoms with Gasteiger partial charge in [0.15, 0.2) is 11.5 Å². The van der Waals surface area contributed by atoms with E-state index in [4.69, 9.17) is 25.8 Å². The quantitative estimate of drug-likeness (QED) is 0.746. The summed E-state index contributed by atoms with van der Waals surface area (Å²) in [5, 5.41) is 4.02. The first kappa shape index (κ1) is 14.4. The summed E-state index contributed by atoms with van der Waals surface area (Å²) < 4.78 is 15.9. The van der Waals surface area contributed by atoms with E-state index in [-0.39, 0.29) is 0 Å². The van der Waals surface area contributed by atoms with E-state index in [0.29, 0.717) is 35.8 Å². The van der Waals surface area contributed by atoms with E-state index in [1.807, 2.05) is 12.1 Å². The average molecular weight is 286 g/mol. The predicted octanol–water partition coefficient (Wildman–Crippen LogP) is 2.63. The smallest absolute Gasteiger partial charge is 0.179 e. The topological polar surface area (TPSA) is 39.7 Å². The van der Waals surface area contributed by atoms with E-state index in [1.54, 1.807) is 14.2 Å². The molecule has 0 radical (unpaired) electrons. The highest BCUT2D eigenvalue weighted by molar-refractivity contribution is 6.32. The maximum Gasteiger partial charge on any atom is 0.179 e. The maximum atomic E-state index is 6.25. The molecular formula is C14H20ClNO3. The van der Waals surface area contributed by atoms with Gasteiger partial charge >= 0.3 is 0 Å². The van der Waals surface area contributed by atoms with Crippen LogP contribution in [0.2, 0.25) is 5.02 Å². The summed E-state index contributed by atoms with van der Waals surface area (Å²) in [5.41, 5.74) is 1.10. The zero-order valence-electron chi connectivity index (χ0n) is 11.4. The molecule has 1 N–H and O–H groups in total. The van der Waals surface area contributed by atoms with Crippen LogP contribution in [0.1, 0.15) is 18.4 Å². The van der Waals surface area contributed by atoms with Gasteiger partial charge in [-0.3, -0.25) is 0 Å². The van der Waals surface area contributed by atoms with E-state index >= 15 is 0 Å². The van der Waals surface area contributed by atoms with Gasteiger partial charge in [-0.2, -0.15) is 0 Å². The van der Waals surface area contributed by atoms with Crippen molar-refractivity contribution in [1.29, 1.82) is 0 Å². The minimum atomic E-state index is 0.451. The highest BCUT2D eigenvalue weighted by atomic mass is 35.5. The van der Waals surface area contributed by atoms with Crippen LogP contribution in [0.25, 0.3) is 0 Å². The van der Waals surface area contributed by atoms with Gasteiger partial charge in [0.25, 0.3) is 0 Å². The zero-order chi connectivity index (χ0) is 13.7. The van der Waals surface area contributed by atoms with Crippen LogP contribution >= 0.6 is 11.6 Å². The molecule has 5 heteroatoms. The molecule has 1 saturated carbocycles. The Morgan fingerprint density at radius 1 is 1.26 bits per heavy atom. The lowest BCUT2D eigenvalue weighted by atomic mass is 10.2. The van der Waals surface area contributed by atoms with Crippen LogP contribution in [0.4, 0.5) is 0 Å². The van der Waals surface area contributed by atoms with Crippen LogP contribution in [-0.4, -0.2) is 33.5 Å². The number of methoxy groups -OCH3 is 2. The summed E-state index contributed by atoms with van der Waals surface area (Å²) in [7, 11) is 3.25. The first-order valence-corrected chi connectivity index (χ1v) is 6.84. The Labute approximate surface area is 119 Å². The minimum Gasteiger partial charge on any atom is -0.493 e. The number of nitrogens with one attached hydrogen (secondary N) is 1. The van der Waals surface area contributed by atoms with E-state index in [9.17, 15) is 0 Å². The molecule has 1 aromatic carbocycles. The van der Waals surface area contributed by atoms with Gasteiger partial charge < -0.3 is 19.5 Å². The Balaban J connectivity index is 2.04. The van der Waals surface area contributed by atoms with Crippen molar-refractivity contribution in [3.63, 3.8) is 0 Å². The average Bonchev–Trinajstić information content (AvgIpc) is 3.22. The first-order chi connectivity index (χ1) is 9.24. The Hall–Kier alpha value is -0.970. The standard InChI is InChI=1S/C14H20ClNO3/c1-17-5-6-19-14-12(15)7-10(8-13(14)18-2)9-16-11-3-4-11/h7-8,11,16H,3-6,9H2,1-2H3. The summed E-state index contributed by atoms with van der Waals surface area (Å²) in [6.45, 7) is 1.77. The van der Waals surface area contributed by atoms with Crippen molar-refractivity contribution >= 4 is 11.6 Å². The van der Waals surface area contributed by atoms with E-state index < -0.39 is 0 Å². The Bertz CT molecular complexity index is 421. The van der Waals surface area contributed by atoms with Gasteiger partial charge in [0.05, 0.1) is 18.7 Å². The van der Waals surface area contributed by atoms with Gasteiger partial charge in [-0.15, -0.1) is 0 Å². The fourth-order valence-electron chi connectivity index (χ4n) is 1.79. The summed E-state index contributed by atoms with van der Waals surface area (Å²) in [6.07, 6.45) is 2.53. The fourth-order valence-corrected chi connectivity index (χ4v) is 2.08. The van der Waals surface area contributed by atoms with Gasteiger partial charge in [0, 0.05) is 19.7 Å². The second-order valence-corrected chi connectivity index (χ2v) is 5.01. The maximum absolute atomic E-state index is 6.25. The number of hydrogen-bond donors (Lipinski definition) is 1. The van der Waals surface area contributed by atoms with E-state index in [2.05, 4.69) is 5.32 Å². The molecule has 106 valence electrons. The minimum absolute atomic E-state index is 0.451. The van der Waals surface area contributed by atoms with Crippen LogP contribution in [0.3, 0.4) is 0 Å². The van der Waals surface area contributed by atoms with Gasteiger partial charge in [-0.25, -0.2) is 0 Å². The molecule has 1 aliphatic rings. The number of halogens is 1. The second kappa shape index (κ2) is 6.98. The van der Waals surface area contributed by atoms with E-state index in [1.165, 1.54) is 12.8 Å². The Morgan fingerprint density at radius 3 is 2.68 bits per heavy atom. The third-order valence-electron chi connectivity index (χ3n) is 3.00. The molecule has 1 aromatic rings. The van der Waals surface area contributed by atoms with Crippen molar-refractivity contribution in [2.75, 3.05) is 27.4 Å². The third kappa shape index (κ3) is 4.27. The highest BCUT2D eigenvalue weighted by Crippen LogP contribution is 2.36. The van der Waals surface area contributed by atoms with Crippen molar-refractivity contribution in [3.05, 3.63) is 22.7 Å². The molecule has 2 rings (SSSR count). The lowest BCUT2D eigenvalue weighted by Gasteiger charge is -2.14. The molecule has 1 aliphatic carbocycles. The molecule has 4 nitrogen and oxygen atoms in total. The molecule has 0 unspecified atom stereocenters. The van der Waals surface area contributed by atoms with Gasteiger partial charge in [-0.1, -0.05) is 11.6 Å². The number of benzene rings is 1. The highest BCUT2D eigenvalue weighted by Gasteiger charge is 2.20. The first-order valence-electron chi connectivity index (χ1n) is 6.46. The van der Waals surface area contributed by atoms with Gasteiger partial charge in [0.2, 0.25) is 0 Å². The summed E-state index contributed by atoms with van der Waals surface area (Å²) in [6, 6.07) is 4.55. The number of rotatable bonds is 8. The molecule has 0 saturated heterocycles. The van der Waals surface area contributed by atoms with Crippen molar-refractivity contribution < 1.29 is 14.2 Å². The third-order valence-corrected chi connectivity index (χ3v) is 3.28. The fraction of sp³-hybridized carbons (Fsp3) is 0.571. The lowest BCUT2D eigenvalue weighted by molar-refractivity contribution is 0.144. The summed E-state index contributed by atoms with van der Waals surface area (Å²) >= 11 is 6.25. The lowest BCUT2D eigenvalue weighted by Crippen LogP contribution is -2.15. The normalized spacial score (nSPS) is 14.5. The Kier molecular flexibility index (Phi) is 5.31. The number of ether oxygens (including phenoxy) is 3. The van der Waals surface area contributed by atoms with Crippen molar-refractivity contribution in [2.45, 2.75) is 25.4 Å². The molecule has 0 heterocycles. The molecule has 0 amide bonds. The predicted molar refractivity (Wildman–Crippen MR) is 75.2 cm³/mol. The molecule has 0 atom stereocenters. The van der Waals surface area contributed by atoms with Crippen molar-refractivity contribution in [1.82, 2.24) is 5.32 Å².